The standard InChI is InChI=1S/C21H30F4N4O.HI/c1-3-26-20(27-10-16-8-9-28(12-16)14-21(23,24)25)29-11-15(2)30-19(13-29)17-4-6-18(22)7-5-17;/h4-7,15-16,19H,3,8-14H2,1-2H3,(H,26,27);1H. The zero-order valence-electron chi connectivity index (χ0n) is 17.9. The highest BCUT2D eigenvalue weighted by molar-refractivity contribution is 14.0. The summed E-state index contributed by atoms with van der Waals surface area (Å²) in [6.45, 7) is 6.41. The van der Waals surface area contributed by atoms with Gasteiger partial charge in [0.25, 0.3) is 0 Å². The van der Waals surface area contributed by atoms with Crippen molar-refractivity contribution in [3.05, 3.63) is 35.6 Å². The summed E-state index contributed by atoms with van der Waals surface area (Å²) in [5.41, 5.74) is 0.905. The van der Waals surface area contributed by atoms with Crippen molar-refractivity contribution >= 4 is 29.9 Å². The van der Waals surface area contributed by atoms with Crippen LogP contribution < -0.4 is 5.32 Å². The van der Waals surface area contributed by atoms with E-state index in [1.165, 1.54) is 17.0 Å². The van der Waals surface area contributed by atoms with Crippen LogP contribution in [0.25, 0.3) is 0 Å². The number of hydrogen-bond donors (Lipinski definition) is 1. The van der Waals surface area contributed by atoms with Gasteiger partial charge in [-0.05, 0) is 50.4 Å². The SMILES string of the molecule is CCNC(=NCC1CCN(CC(F)(F)F)C1)N1CC(C)OC(c2ccc(F)cc2)C1.I. The van der Waals surface area contributed by atoms with Crippen LogP contribution in [-0.4, -0.2) is 73.9 Å². The molecule has 5 nitrogen and oxygen atoms in total. The maximum Gasteiger partial charge on any atom is 0.401 e. The molecule has 0 radical (unpaired) electrons. The number of rotatable bonds is 5. The van der Waals surface area contributed by atoms with Crippen LogP contribution in [0.5, 0.6) is 0 Å². The van der Waals surface area contributed by atoms with Crippen molar-refractivity contribution in [3.8, 4) is 0 Å². The van der Waals surface area contributed by atoms with Gasteiger partial charge in [-0.1, -0.05) is 12.1 Å². The fourth-order valence-electron chi connectivity index (χ4n) is 4.09. The molecule has 31 heavy (non-hydrogen) atoms. The van der Waals surface area contributed by atoms with Crippen molar-refractivity contribution < 1.29 is 22.3 Å². The monoisotopic (exact) mass is 558 g/mol. The van der Waals surface area contributed by atoms with Crippen molar-refractivity contribution in [2.75, 3.05) is 45.8 Å². The molecule has 2 saturated heterocycles. The van der Waals surface area contributed by atoms with Crippen LogP contribution in [-0.2, 0) is 4.74 Å². The second-order valence-corrected chi connectivity index (χ2v) is 8.09. The molecule has 10 heteroatoms. The summed E-state index contributed by atoms with van der Waals surface area (Å²) in [6, 6.07) is 6.31. The molecule has 2 aliphatic rings. The lowest BCUT2D eigenvalue weighted by molar-refractivity contribution is -0.143. The topological polar surface area (TPSA) is 40.1 Å². The van der Waals surface area contributed by atoms with Crippen LogP contribution >= 0.6 is 24.0 Å². The lowest BCUT2D eigenvalue weighted by Gasteiger charge is -2.39. The van der Waals surface area contributed by atoms with Crippen LogP contribution in [0.1, 0.15) is 31.9 Å². The summed E-state index contributed by atoms with van der Waals surface area (Å²) >= 11 is 0. The number of nitrogens with zero attached hydrogens (tertiary/aromatic N) is 3. The number of halogens is 5. The number of ether oxygens (including phenoxy) is 1. The van der Waals surface area contributed by atoms with Crippen LogP contribution in [0, 0.1) is 11.7 Å². The number of aliphatic imine (C=N–C) groups is 1. The summed E-state index contributed by atoms with van der Waals surface area (Å²) in [5, 5.41) is 3.29. The van der Waals surface area contributed by atoms with E-state index in [2.05, 4.69) is 10.2 Å². The van der Waals surface area contributed by atoms with E-state index in [-0.39, 0.29) is 47.9 Å². The molecule has 176 valence electrons. The van der Waals surface area contributed by atoms with Crippen LogP contribution in [0.3, 0.4) is 0 Å². The third-order valence-electron chi connectivity index (χ3n) is 5.41. The number of alkyl halides is 3. The fraction of sp³-hybridized carbons (Fsp3) is 0.667. The molecule has 0 spiro atoms. The smallest absolute Gasteiger partial charge is 0.367 e. The molecule has 3 atom stereocenters. The number of likely N-dealkylation sites (tertiary alicyclic amines) is 1. The van der Waals surface area contributed by atoms with E-state index in [0.29, 0.717) is 39.3 Å². The van der Waals surface area contributed by atoms with E-state index in [4.69, 9.17) is 9.73 Å². The quantitative estimate of drug-likeness (QED) is 0.256. The predicted molar refractivity (Wildman–Crippen MR) is 123 cm³/mol. The Balaban J connectivity index is 0.00000341. The minimum atomic E-state index is -4.16. The van der Waals surface area contributed by atoms with Crippen molar-refractivity contribution in [2.45, 2.75) is 38.7 Å². The Hall–Kier alpha value is -1.14. The second-order valence-electron chi connectivity index (χ2n) is 8.09. The number of hydrogen-bond acceptors (Lipinski definition) is 3. The first-order chi connectivity index (χ1) is 14.2. The molecule has 3 rings (SSSR count). The Morgan fingerprint density at radius 2 is 1.90 bits per heavy atom. The minimum absolute atomic E-state index is 0. The number of nitrogens with one attached hydrogen (secondary N) is 1. The first-order valence-electron chi connectivity index (χ1n) is 10.5. The lowest BCUT2D eigenvalue weighted by atomic mass is 10.1. The number of morpholine rings is 1. The molecule has 0 amide bonds. The molecule has 0 aliphatic carbocycles. The molecule has 0 saturated carbocycles. The summed E-state index contributed by atoms with van der Waals surface area (Å²) in [7, 11) is 0. The fourth-order valence-corrected chi connectivity index (χ4v) is 4.09. The zero-order valence-corrected chi connectivity index (χ0v) is 20.2. The van der Waals surface area contributed by atoms with Gasteiger partial charge in [-0.2, -0.15) is 13.2 Å². The summed E-state index contributed by atoms with van der Waals surface area (Å²) in [5.74, 6) is 0.576. The van der Waals surface area contributed by atoms with Crippen LogP contribution in [0.4, 0.5) is 17.6 Å². The number of benzene rings is 1. The van der Waals surface area contributed by atoms with Gasteiger partial charge in [0.1, 0.15) is 11.9 Å². The summed E-state index contributed by atoms with van der Waals surface area (Å²) < 4.78 is 57.1. The second kappa shape index (κ2) is 11.6. The average molecular weight is 558 g/mol. The van der Waals surface area contributed by atoms with E-state index in [9.17, 15) is 17.6 Å². The molecule has 3 unspecified atom stereocenters. The minimum Gasteiger partial charge on any atom is -0.367 e. The highest BCUT2D eigenvalue weighted by Gasteiger charge is 2.34. The summed E-state index contributed by atoms with van der Waals surface area (Å²) in [6.07, 6.45) is -3.68. The van der Waals surface area contributed by atoms with Crippen molar-refractivity contribution in [2.24, 2.45) is 10.9 Å². The summed E-state index contributed by atoms with van der Waals surface area (Å²) in [4.78, 5) is 8.31. The highest BCUT2D eigenvalue weighted by atomic mass is 127. The van der Waals surface area contributed by atoms with Crippen LogP contribution in [0.15, 0.2) is 29.3 Å². The molecular formula is C21H31F4IN4O. The van der Waals surface area contributed by atoms with Gasteiger partial charge in [-0.3, -0.25) is 9.89 Å². The highest BCUT2D eigenvalue weighted by Crippen LogP contribution is 2.26. The lowest BCUT2D eigenvalue weighted by Crippen LogP contribution is -2.50. The van der Waals surface area contributed by atoms with E-state index in [1.807, 2.05) is 13.8 Å². The Bertz CT molecular complexity index is 716. The molecular weight excluding hydrogens is 527 g/mol. The Kier molecular flexibility index (Phi) is 9.81. The van der Waals surface area contributed by atoms with Crippen molar-refractivity contribution in [3.63, 3.8) is 0 Å². The van der Waals surface area contributed by atoms with Gasteiger partial charge in [-0.25, -0.2) is 4.39 Å². The molecule has 1 N–H and O–H groups in total. The van der Waals surface area contributed by atoms with Gasteiger partial charge < -0.3 is 15.0 Å². The Labute approximate surface area is 198 Å². The number of guanidine groups is 1. The molecule has 2 fully saturated rings. The van der Waals surface area contributed by atoms with Gasteiger partial charge in [0.2, 0.25) is 0 Å². The van der Waals surface area contributed by atoms with Gasteiger partial charge in [0.15, 0.2) is 5.96 Å². The molecule has 1 aromatic rings. The molecule has 1 aromatic carbocycles. The van der Waals surface area contributed by atoms with E-state index < -0.39 is 12.7 Å². The van der Waals surface area contributed by atoms with Gasteiger partial charge in [-0.15, -0.1) is 24.0 Å². The Morgan fingerprint density at radius 1 is 1.19 bits per heavy atom. The van der Waals surface area contributed by atoms with Crippen molar-refractivity contribution in [1.29, 1.82) is 0 Å². The van der Waals surface area contributed by atoms with Gasteiger partial charge in [0, 0.05) is 26.2 Å². The first kappa shape index (κ1) is 26.1. The largest absolute Gasteiger partial charge is 0.401 e. The van der Waals surface area contributed by atoms with Gasteiger partial charge >= 0.3 is 6.18 Å². The molecule has 0 bridgehead atoms. The van der Waals surface area contributed by atoms with Crippen molar-refractivity contribution in [1.82, 2.24) is 15.1 Å². The molecule has 2 heterocycles. The van der Waals surface area contributed by atoms with E-state index in [1.54, 1.807) is 12.1 Å². The van der Waals surface area contributed by atoms with E-state index >= 15 is 0 Å². The zero-order chi connectivity index (χ0) is 21.7. The van der Waals surface area contributed by atoms with Gasteiger partial charge in [0.05, 0.1) is 19.2 Å². The van der Waals surface area contributed by atoms with E-state index in [0.717, 1.165) is 17.9 Å². The third-order valence-corrected chi connectivity index (χ3v) is 5.41. The molecule has 2 aliphatic heterocycles. The average Bonchev–Trinajstić information content (AvgIpc) is 3.10. The van der Waals surface area contributed by atoms with Crippen LogP contribution in [0.2, 0.25) is 0 Å². The molecule has 0 aromatic heterocycles. The maximum atomic E-state index is 13.3. The normalized spacial score (nSPS) is 25.4. The third kappa shape index (κ3) is 8.05. The first-order valence-corrected chi connectivity index (χ1v) is 10.5. The predicted octanol–water partition coefficient (Wildman–Crippen LogP) is 4.06. The Morgan fingerprint density at radius 3 is 2.55 bits per heavy atom. The maximum absolute atomic E-state index is 13.3.